The normalized spacial score (nSPS) is 12.1. The summed E-state index contributed by atoms with van der Waals surface area (Å²) in [4.78, 5) is 0. The van der Waals surface area contributed by atoms with Gasteiger partial charge in [-0.1, -0.05) is 49.4 Å². The highest BCUT2D eigenvalue weighted by atomic mass is 16.5. The van der Waals surface area contributed by atoms with Gasteiger partial charge in [0.25, 0.3) is 0 Å². The summed E-state index contributed by atoms with van der Waals surface area (Å²) in [6.45, 7) is 3.72. The van der Waals surface area contributed by atoms with Crippen molar-refractivity contribution < 1.29 is 9.84 Å². The average molecular weight is 271 g/mol. The van der Waals surface area contributed by atoms with Gasteiger partial charge >= 0.3 is 0 Å². The van der Waals surface area contributed by atoms with E-state index in [0.717, 1.165) is 17.9 Å². The largest absolute Gasteiger partial charge is 0.491 e. The Hall–Kier alpha value is -1.84. The third-order valence-corrected chi connectivity index (χ3v) is 3.03. The van der Waals surface area contributed by atoms with Crippen molar-refractivity contribution in [3.05, 3.63) is 54.6 Å². The first-order chi connectivity index (χ1) is 9.79. The summed E-state index contributed by atoms with van der Waals surface area (Å²) in [6.07, 6.45) is -0.483. The number of hydrogen-bond donors (Lipinski definition) is 2. The average Bonchev–Trinajstić information content (AvgIpc) is 2.52. The quantitative estimate of drug-likeness (QED) is 0.813. The minimum atomic E-state index is -0.483. The van der Waals surface area contributed by atoms with Crippen molar-refractivity contribution in [3.63, 3.8) is 0 Å². The van der Waals surface area contributed by atoms with Gasteiger partial charge in [0.05, 0.1) is 0 Å². The second-order valence-electron chi connectivity index (χ2n) is 4.66. The molecule has 2 rings (SSSR count). The lowest BCUT2D eigenvalue weighted by Gasteiger charge is -2.13. The van der Waals surface area contributed by atoms with Crippen molar-refractivity contribution in [1.29, 1.82) is 0 Å². The van der Waals surface area contributed by atoms with Gasteiger partial charge in [-0.15, -0.1) is 0 Å². The number of likely N-dealkylation sites (N-methyl/N-ethyl adjacent to an activating group) is 1. The van der Waals surface area contributed by atoms with Gasteiger partial charge in [0, 0.05) is 6.54 Å². The zero-order chi connectivity index (χ0) is 14.2. The van der Waals surface area contributed by atoms with E-state index in [2.05, 4.69) is 17.4 Å². The Kier molecular flexibility index (Phi) is 5.59. The fourth-order valence-corrected chi connectivity index (χ4v) is 1.94. The maximum absolute atomic E-state index is 9.69. The smallest absolute Gasteiger partial charge is 0.119 e. The molecule has 2 aromatic rings. The Morgan fingerprint density at radius 3 is 2.30 bits per heavy atom. The molecule has 0 fully saturated rings. The molecule has 0 spiro atoms. The molecule has 0 aliphatic carbocycles. The zero-order valence-electron chi connectivity index (χ0n) is 11.8. The second kappa shape index (κ2) is 7.68. The number of rotatable bonds is 7. The highest BCUT2D eigenvalue weighted by Gasteiger charge is 2.04. The summed E-state index contributed by atoms with van der Waals surface area (Å²) in [6, 6.07) is 18.1. The topological polar surface area (TPSA) is 41.5 Å². The van der Waals surface area contributed by atoms with E-state index < -0.39 is 6.10 Å². The van der Waals surface area contributed by atoms with Gasteiger partial charge in [-0.05, 0) is 29.8 Å². The molecule has 0 aliphatic rings. The minimum absolute atomic E-state index is 0.303. The van der Waals surface area contributed by atoms with Gasteiger partial charge in [0.2, 0.25) is 0 Å². The summed E-state index contributed by atoms with van der Waals surface area (Å²) < 4.78 is 5.57. The van der Waals surface area contributed by atoms with Crippen LogP contribution in [0.1, 0.15) is 6.92 Å². The summed E-state index contributed by atoms with van der Waals surface area (Å²) in [5, 5.41) is 12.8. The van der Waals surface area contributed by atoms with E-state index in [4.69, 9.17) is 4.74 Å². The summed E-state index contributed by atoms with van der Waals surface area (Å²) in [7, 11) is 0. The molecule has 2 aromatic carbocycles. The van der Waals surface area contributed by atoms with Crippen molar-refractivity contribution >= 4 is 0 Å². The van der Waals surface area contributed by atoms with Crippen LogP contribution in [0.15, 0.2) is 54.6 Å². The molecule has 0 aromatic heterocycles. The van der Waals surface area contributed by atoms with E-state index in [-0.39, 0.29) is 0 Å². The predicted molar refractivity (Wildman–Crippen MR) is 81.9 cm³/mol. The van der Waals surface area contributed by atoms with Crippen LogP contribution in [0.4, 0.5) is 0 Å². The summed E-state index contributed by atoms with van der Waals surface area (Å²) >= 11 is 0. The fourth-order valence-electron chi connectivity index (χ4n) is 1.94. The van der Waals surface area contributed by atoms with Crippen LogP contribution in [0.25, 0.3) is 11.1 Å². The fraction of sp³-hybridized carbons (Fsp3) is 0.294. The first-order valence-electron chi connectivity index (χ1n) is 6.96. The van der Waals surface area contributed by atoms with Crippen LogP contribution in [0, 0.1) is 0 Å². The molecule has 0 amide bonds. The molecule has 2 N–H and O–H groups in total. The number of benzene rings is 2. The predicted octanol–water partition coefficient (Wildman–Crippen LogP) is 2.70. The molecular weight excluding hydrogens is 250 g/mol. The Morgan fingerprint density at radius 1 is 1.00 bits per heavy atom. The molecule has 0 radical (unpaired) electrons. The number of ether oxygens (including phenoxy) is 1. The van der Waals surface area contributed by atoms with E-state index in [1.165, 1.54) is 5.56 Å². The Bertz CT molecular complexity index is 496. The van der Waals surface area contributed by atoms with E-state index in [1.54, 1.807) is 0 Å². The lowest BCUT2D eigenvalue weighted by Crippen LogP contribution is -2.31. The van der Waals surface area contributed by atoms with E-state index in [9.17, 15) is 5.11 Å². The van der Waals surface area contributed by atoms with Gasteiger partial charge in [0.1, 0.15) is 18.5 Å². The number of hydrogen-bond acceptors (Lipinski definition) is 3. The van der Waals surface area contributed by atoms with Gasteiger partial charge in [-0.3, -0.25) is 0 Å². The molecule has 0 bridgehead atoms. The van der Waals surface area contributed by atoms with Crippen LogP contribution >= 0.6 is 0 Å². The zero-order valence-corrected chi connectivity index (χ0v) is 11.8. The highest BCUT2D eigenvalue weighted by Crippen LogP contribution is 2.22. The summed E-state index contributed by atoms with van der Waals surface area (Å²) in [5.41, 5.74) is 2.34. The molecule has 1 atom stereocenters. The minimum Gasteiger partial charge on any atom is -0.491 e. The molecule has 106 valence electrons. The van der Waals surface area contributed by atoms with Crippen LogP contribution in [-0.4, -0.2) is 30.9 Å². The number of nitrogens with one attached hydrogen (secondary N) is 1. The molecule has 0 heterocycles. The van der Waals surface area contributed by atoms with Crippen molar-refractivity contribution in [3.8, 4) is 16.9 Å². The van der Waals surface area contributed by atoms with Gasteiger partial charge in [0.15, 0.2) is 0 Å². The molecular formula is C17H21NO2. The van der Waals surface area contributed by atoms with Crippen LogP contribution in [0.5, 0.6) is 5.75 Å². The van der Waals surface area contributed by atoms with Gasteiger partial charge in [-0.25, -0.2) is 0 Å². The molecule has 20 heavy (non-hydrogen) atoms. The van der Waals surface area contributed by atoms with Crippen LogP contribution < -0.4 is 10.1 Å². The highest BCUT2D eigenvalue weighted by molar-refractivity contribution is 5.63. The van der Waals surface area contributed by atoms with Crippen LogP contribution in [0.2, 0.25) is 0 Å². The lowest BCUT2D eigenvalue weighted by atomic mass is 10.1. The Labute approximate surface area is 120 Å². The molecule has 3 heteroatoms. The molecule has 1 unspecified atom stereocenters. The third-order valence-electron chi connectivity index (χ3n) is 3.03. The van der Waals surface area contributed by atoms with Crippen molar-refractivity contribution in [2.75, 3.05) is 19.7 Å². The molecule has 0 saturated carbocycles. The monoisotopic (exact) mass is 271 g/mol. The van der Waals surface area contributed by atoms with Crippen LogP contribution in [0.3, 0.4) is 0 Å². The van der Waals surface area contributed by atoms with Gasteiger partial charge < -0.3 is 15.2 Å². The SMILES string of the molecule is CCNCC(O)COc1ccc(-c2ccccc2)cc1. The second-order valence-corrected chi connectivity index (χ2v) is 4.66. The molecule has 0 aliphatic heterocycles. The standard InChI is InChI=1S/C17H21NO2/c1-2-18-12-16(19)13-20-17-10-8-15(9-11-17)14-6-4-3-5-7-14/h3-11,16,18-19H,2,12-13H2,1H3. The Morgan fingerprint density at radius 2 is 1.65 bits per heavy atom. The van der Waals surface area contributed by atoms with Crippen molar-refractivity contribution in [1.82, 2.24) is 5.32 Å². The maximum Gasteiger partial charge on any atom is 0.119 e. The first kappa shape index (κ1) is 14.6. The first-order valence-corrected chi connectivity index (χ1v) is 6.96. The molecule has 0 saturated heterocycles. The van der Waals surface area contributed by atoms with Crippen molar-refractivity contribution in [2.45, 2.75) is 13.0 Å². The van der Waals surface area contributed by atoms with Gasteiger partial charge in [-0.2, -0.15) is 0 Å². The van der Waals surface area contributed by atoms with E-state index in [0.29, 0.717) is 13.2 Å². The van der Waals surface area contributed by atoms with Crippen LogP contribution in [-0.2, 0) is 0 Å². The molecule has 3 nitrogen and oxygen atoms in total. The van der Waals surface area contributed by atoms with E-state index in [1.807, 2.05) is 49.4 Å². The van der Waals surface area contributed by atoms with Crippen molar-refractivity contribution in [2.24, 2.45) is 0 Å². The third kappa shape index (κ3) is 4.37. The van der Waals surface area contributed by atoms with E-state index >= 15 is 0 Å². The Balaban J connectivity index is 1.89. The summed E-state index contributed by atoms with van der Waals surface area (Å²) in [5.74, 6) is 0.778. The lowest BCUT2D eigenvalue weighted by molar-refractivity contribution is 0.107. The number of aliphatic hydroxyl groups excluding tert-OH is 1. The maximum atomic E-state index is 9.69. The number of aliphatic hydroxyl groups is 1.